The number of pyridine rings is 1. The average Bonchev–Trinajstić information content (AvgIpc) is 2.53. The molecule has 0 aliphatic heterocycles. The van der Waals surface area contributed by atoms with Gasteiger partial charge in [0.1, 0.15) is 6.54 Å². The number of amides is 1. The predicted molar refractivity (Wildman–Crippen MR) is 85.9 cm³/mol. The summed E-state index contributed by atoms with van der Waals surface area (Å²) in [4.78, 5) is 14.1. The summed E-state index contributed by atoms with van der Waals surface area (Å²) in [6, 6.07) is 6.08. The van der Waals surface area contributed by atoms with Crippen LogP contribution in [0.25, 0.3) is 0 Å². The molecular weight excluding hydrogens is 342 g/mol. The molecule has 1 N–H and O–H groups in total. The summed E-state index contributed by atoms with van der Waals surface area (Å²) in [5.41, 5.74) is 0. The van der Waals surface area contributed by atoms with Crippen molar-refractivity contribution in [2.45, 2.75) is 46.1 Å². The summed E-state index contributed by atoms with van der Waals surface area (Å²) >= 11 is 0. The number of nitrogens with one attached hydrogen (secondary N) is 1. The zero-order valence-electron chi connectivity index (χ0n) is 13.9. The molecule has 5 heteroatoms. The van der Waals surface area contributed by atoms with Gasteiger partial charge in [-0.1, -0.05) is 19.9 Å². The van der Waals surface area contributed by atoms with Crippen molar-refractivity contribution in [3.63, 3.8) is 0 Å². The van der Waals surface area contributed by atoms with E-state index >= 15 is 0 Å². The van der Waals surface area contributed by atoms with Crippen molar-refractivity contribution in [3.8, 4) is 0 Å². The molecule has 0 spiro atoms. The van der Waals surface area contributed by atoms with E-state index in [1.165, 1.54) is 0 Å². The normalized spacial score (nSPS) is 10.3. The molecule has 0 atom stereocenters. The molecule has 0 saturated carbocycles. The van der Waals surface area contributed by atoms with Crippen LogP contribution in [-0.2, 0) is 11.3 Å². The van der Waals surface area contributed by atoms with Crippen LogP contribution in [-0.4, -0.2) is 37.0 Å². The fraction of sp³-hybridized carbons (Fsp3) is 0.647. The van der Waals surface area contributed by atoms with E-state index in [1.54, 1.807) is 0 Å². The Labute approximate surface area is 145 Å². The first kappa shape index (κ1) is 21.1. The monoisotopic (exact) mass is 371 g/mol. The lowest BCUT2D eigenvalue weighted by Crippen LogP contribution is -3.00. The van der Waals surface area contributed by atoms with Gasteiger partial charge in [0.2, 0.25) is 5.91 Å². The number of halogens is 1. The van der Waals surface area contributed by atoms with Crippen LogP contribution in [0.15, 0.2) is 30.6 Å². The van der Waals surface area contributed by atoms with E-state index in [-0.39, 0.29) is 22.9 Å². The minimum Gasteiger partial charge on any atom is -1.00 e. The van der Waals surface area contributed by atoms with Crippen LogP contribution in [0.4, 0.5) is 0 Å². The fourth-order valence-corrected chi connectivity index (χ4v) is 2.32. The highest BCUT2D eigenvalue weighted by Crippen LogP contribution is 1.96. The Kier molecular flexibility index (Phi) is 13.1. The maximum Gasteiger partial charge on any atom is 0.219 e. The van der Waals surface area contributed by atoms with Crippen molar-refractivity contribution >= 4 is 5.91 Å². The zero-order valence-corrected chi connectivity index (χ0v) is 15.5. The number of aromatic nitrogens is 1. The maximum atomic E-state index is 11.7. The van der Waals surface area contributed by atoms with Gasteiger partial charge in [-0.15, -0.1) is 0 Å². The lowest BCUT2D eigenvalue weighted by atomic mass is 10.2. The van der Waals surface area contributed by atoms with Crippen LogP contribution in [0, 0.1) is 0 Å². The van der Waals surface area contributed by atoms with E-state index in [0.717, 1.165) is 52.0 Å². The molecule has 126 valence electrons. The minimum absolute atomic E-state index is 0. The van der Waals surface area contributed by atoms with Crippen LogP contribution in [0.5, 0.6) is 0 Å². The van der Waals surface area contributed by atoms with Crippen molar-refractivity contribution in [2.24, 2.45) is 0 Å². The van der Waals surface area contributed by atoms with Crippen LogP contribution in [0.2, 0.25) is 0 Å². The highest BCUT2D eigenvalue weighted by molar-refractivity contribution is 5.75. The molecule has 0 saturated heterocycles. The largest absolute Gasteiger partial charge is 1.00 e. The topological polar surface area (TPSA) is 36.2 Å². The second kappa shape index (κ2) is 13.7. The molecule has 0 fully saturated rings. The molecule has 0 radical (unpaired) electrons. The molecule has 1 heterocycles. The van der Waals surface area contributed by atoms with E-state index in [0.29, 0.717) is 6.42 Å². The van der Waals surface area contributed by atoms with E-state index in [4.69, 9.17) is 0 Å². The molecular formula is C17H30BrN3O. The number of rotatable bonds is 11. The second-order valence-electron chi connectivity index (χ2n) is 5.30. The molecule has 1 aromatic heterocycles. The Morgan fingerprint density at radius 3 is 2.36 bits per heavy atom. The lowest BCUT2D eigenvalue weighted by Gasteiger charge is -2.17. The highest BCUT2D eigenvalue weighted by Gasteiger charge is 2.03. The van der Waals surface area contributed by atoms with Gasteiger partial charge in [-0.25, -0.2) is 4.57 Å². The van der Waals surface area contributed by atoms with Crippen molar-refractivity contribution in [2.75, 3.05) is 26.2 Å². The number of nitrogens with zero attached hydrogens (tertiary/aromatic N) is 2. The van der Waals surface area contributed by atoms with E-state index in [2.05, 4.69) is 41.0 Å². The second-order valence-corrected chi connectivity index (χ2v) is 5.30. The molecule has 0 aliphatic carbocycles. The maximum absolute atomic E-state index is 11.7. The van der Waals surface area contributed by atoms with Gasteiger partial charge in [-0.3, -0.25) is 4.79 Å². The summed E-state index contributed by atoms with van der Waals surface area (Å²) in [5, 5.41) is 3.01. The number of carbonyl (C=O) groups excluding carboxylic acids is 1. The van der Waals surface area contributed by atoms with E-state index in [9.17, 15) is 4.79 Å². The predicted octanol–water partition coefficient (Wildman–Crippen LogP) is -1.00. The zero-order chi connectivity index (χ0) is 15.3. The van der Waals surface area contributed by atoms with E-state index in [1.807, 2.05) is 18.2 Å². The van der Waals surface area contributed by atoms with Gasteiger partial charge in [0, 0.05) is 31.5 Å². The summed E-state index contributed by atoms with van der Waals surface area (Å²) in [7, 11) is 0. The van der Waals surface area contributed by atoms with Crippen LogP contribution in [0.3, 0.4) is 0 Å². The third-order valence-electron chi connectivity index (χ3n) is 3.72. The lowest BCUT2D eigenvalue weighted by molar-refractivity contribution is -0.697. The van der Waals surface area contributed by atoms with E-state index < -0.39 is 0 Å². The number of hydrogen-bond acceptors (Lipinski definition) is 2. The molecule has 0 bridgehead atoms. The summed E-state index contributed by atoms with van der Waals surface area (Å²) in [5.74, 6) is 0.188. The smallest absolute Gasteiger partial charge is 0.219 e. The SMILES string of the molecule is CCN(CC)CCCNC(=O)CCCC[n+]1ccccc1.[Br-]. The molecule has 4 nitrogen and oxygen atoms in total. The Bertz CT molecular complexity index is 383. The minimum atomic E-state index is 0. The van der Waals surface area contributed by atoms with Crippen molar-refractivity contribution in [1.29, 1.82) is 0 Å². The Morgan fingerprint density at radius 2 is 1.73 bits per heavy atom. The first-order valence-electron chi connectivity index (χ1n) is 8.19. The van der Waals surface area contributed by atoms with Gasteiger partial charge in [-0.2, -0.15) is 0 Å². The fourth-order valence-electron chi connectivity index (χ4n) is 2.32. The average molecular weight is 372 g/mol. The van der Waals surface area contributed by atoms with Crippen molar-refractivity contribution in [1.82, 2.24) is 10.2 Å². The standard InChI is InChI=1S/C17H29N3O.BrH/c1-3-19(4-2)16-10-12-18-17(21)11-6-9-15-20-13-7-5-8-14-20;/h5,7-8,13-14H,3-4,6,9-12,15-16H2,1-2H3;1H. The number of unbranched alkanes of at least 4 members (excludes halogenated alkanes) is 1. The van der Waals surface area contributed by atoms with Crippen LogP contribution >= 0.6 is 0 Å². The van der Waals surface area contributed by atoms with Crippen LogP contribution < -0.4 is 26.9 Å². The van der Waals surface area contributed by atoms with Crippen molar-refractivity contribution < 1.29 is 26.3 Å². The van der Waals surface area contributed by atoms with Gasteiger partial charge < -0.3 is 27.2 Å². The molecule has 1 rings (SSSR count). The highest BCUT2D eigenvalue weighted by atomic mass is 79.9. The number of carbonyl (C=O) groups is 1. The molecule has 1 aromatic rings. The Morgan fingerprint density at radius 1 is 1.05 bits per heavy atom. The molecule has 0 unspecified atom stereocenters. The van der Waals surface area contributed by atoms with Gasteiger partial charge >= 0.3 is 0 Å². The van der Waals surface area contributed by atoms with Gasteiger partial charge in [0.15, 0.2) is 12.4 Å². The molecule has 0 aliphatic rings. The Hall–Kier alpha value is -0.940. The number of hydrogen-bond donors (Lipinski definition) is 1. The van der Waals surface area contributed by atoms with Gasteiger partial charge in [0.25, 0.3) is 0 Å². The third-order valence-corrected chi connectivity index (χ3v) is 3.72. The summed E-state index contributed by atoms with van der Waals surface area (Å²) in [6.45, 7) is 9.36. The first-order chi connectivity index (χ1) is 10.3. The van der Waals surface area contributed by atoms with Crippen molar-refractivity contribution in [3.05, 3.63) is 30.6 Å². The Balaban J connectivity index is 0.00000441. The van der Waals surface area contributed by atoms with Gasteiger partial charge in [0.05, 0.1) is 0 Å². The third kappa shape index (κ3) is 9.90. The molecule has 1 amide bonds. The number of aryl methyl sites for hydroxylation is 1. The summed E-state index contributed by atoms with van der Waals surface area (Å²) < 4.78 is 2.15. The molecule has 0 aromatic carbocycles. The van der Waals surface area contributed by atoms with Crippen LogP contribution in [0.1, 0.15) is 39.5 Å². The molecule has 22 heavy (non-hydrogen) atoms. The quantitative estimate of drug-likeness (QED) is 0.400. The van der Waals surface area contributed by atoms with Gasteiger partial charge in [-0.05, 0) is 32.5 Å². The first-order valence-corrected chi connectivity index (χ1v) is 8.19. The summed E-state index contributed by atoms with van der Waals surface area (Å²) in [6.07, 6.45) is 7.79.